The van der Waals surface area contributed by atoms with Gasteiger partial charge in [-0.25, -0.2) is 4.98 Å². The molecule has 0 amide bonds. The maximum atomic E-state index is 11.0. The molecule has 2 rings (SSSR count). The van der Waals surface area contributed by atoms with Crippen LogP contribution >= 0.6 is 11.8 Å². The van der Waals surface area contributed by atoms with E-state index in [1.807, 2.05) is 31.2 Å². The third-order valence-corrected chi connectivity index (χ3v) is 3.23. The molecular weight excluding hydrogens is 250 g/mol. The molecule has 0 unspecified atom stereocenters. The van der Waals surface area contributed by atoms with Crippen LogP contribution < -0.4 is 0 Å². The third kappa shape index (κ3) is 2.89. The van der Waals surface area contributed by atoms with Crippen LogP contribution in [-0.2, 0) is 9.53 Å². The summed E-state index contributed by atoms with van der Waals surface area (Å²) in [7, 11) is 1.36. The van der Waals surface area contributed by atoms with Gasteiger partial charge in [0.05, 0.1) is 12.9 Å². The molecule has 1 aromatic carbocycles. The normalized spacial score (nSPS) is 10.3. The van der Waals surface area contributed by atoms with E-state index in [2.05, 4.69) is 19.9 Å². The van der Waals surface area contributed by atoms with Crippen molar-refractivity contribution in [1.82, 2.24) is 15.2 Å². The second-order valence-corrected chi connectivity index (χ2v) is 4.59. The van der Waals surface area contributed by atoms with E-state index in [0.29, 0.717) is 11.0 Å². The Morgan fingerprint density at radius 1 is 1.44 bits per heavy atom. The zero-order chi connectivity index (χ0) is 13.0. The molecule has 0 saturated carbocycles. The van der Waals surface area contributed by atoms with Crippen LogP contribution in [0.25, 0.3) is 11.4 Å². The van der Waals surface area contributed by atoms with E-state index in [4.69, 9.17) is 0 Å². The van der Waals surface area contributed by atoms with Crippen LogP contribution in [0.4, 0.5) is 0 Å². The number of rotatable bonds is 4. The molecule has 1 aromatic heterocycles. The Balaban J connectivity index is 2.11. The van der Waals surface area contributed by atoms with Gasteiger partial charge in [-0.15, -0.1) is 5.10 Å². The maximum absolute atomic E-state index is 11.0. The molecule has 0 spiro atoms. The Morgan fingerprint density at radius 3 is 2.94 bits per heavy atom. The van der Waals surface area contributed by atoms with Gasteiger partial charge in [-0.05, 0) is 12.5 Å². The molecule has 2 aromatic rings. The summed E-state index contributed by atoms with van der Waals surface area (Å²) in [5, 5.41) is 7.47. The van der Waals surface area contributed by atoms with Crippen molar-refractivity contribution in [2.24, 2.45) is 0 Å². The Morgan fingerprint density at radius 2 is 2.22 bits per heavy atom. The summed E-state index contributed by atoms with van der Waals surface area (Å²) in [6, 6.07) is 7.91. The van der Waals surface area contributed by atoms with E-state index < -0.39 is 0 Å². The average molecular weight is 263 g/mol. The van der Waals surface area contributed by atoms with Gasteiger partial charge in [0.15, 0.2) is 5.82 Å². The lowest BCUT2D eigenvalue weighted by molar-refractivity contribution is -0.137. The third-order valence-electron chi connectivity index (χ3n) is 2.41. The first-order valence-electron chi connectivity index (χ1n) is 5.38. The summed E-state index contributed by atoms with van der Waals surface area (Å²) in [4.78, 5) is 15.3. The summed E-state index contributed by atoms with van der Waals surface area (Å²) in [6.45, 7) is 2.01. The summed E-state index contributed by atoms with van der Waals surface area (Å²) in [5.74, 6) is 0.629. The van der Waals surface area contributed by atoms with Gasteiger partial charge in [0.2, 0.25) is 5.16 Å². The van der Waals surface area contributed by atoms with E-state index in [9.17, 15) is 4.79 Å². The average Bonchev–Trinajstić information content (AvgIpc) is 2.85. The smallest absolute Gasteiger partial charge is 0.316 e. The molecule has 1 heterocycles. The van der Waals surface area contributed by atoms with Crippen molar-refractivity contribution >= 4 is 17.7 Å². The molecule has 0 saturated heterocycles. The number of ether oxygens (including phenoxy) is 1. The van der Waals surface area contributed by atoms with Crippen LogP contribution in [0.5, 0.6) is 0 Å². The second kappa shape index (κ2) is 5.68. The highest BCUT2D eigenvalue weighted by Gasteiger charge is 2.09. The number of thioether (sulfide) groups is 1. The van der Waals surface area contributed by atoms with Crippen molar-refractivity contribution < 1.29 is 9.53 Å². The second-order valence-electron chi connectivity index (χ2n) is 3.65. The fraction of sp³-hybridized carbons (Fsp3) is 0.250. The number of hydrogen-bond acceptors (Lipinski definition) is 5. The fourth-order valence-electron chi connectivity index (χ4n) is 1.45. The summed E-state index contributed by atoms with van der Waals surface area (Å²) < 4.78 is 4.56. The molecular formula is C12H13N3O2S. The quantitative estimate of drug-likeness (QED) is 0.675. The fourth-order valence-corrected chi connectivity index (χ4v) is 2.08. The number of aromatic nitrogens is 3. The number of hydrogen-bond donors (Lipinski definition) is 1. The lowest BCUT2D eigenvalue weighted by Gasteiger charge is -1.99. The van der Waals surface area contributed by atoms with E-state index in [0.717, 1.165) is 11.1 Å². The van der Waals surface area contributed by atoms with Gasteiger partial charge >= 0.3 is 5.97 Å². The Kier molecular flexibility index (Phi) is 3.99. The lowest BCUT2D eigenvalue weighted by Crippen LogP contribution is -2.03. The first-order chi connectivity index (χ1) is 8.70. The van der Waals surface area contributed by atoms with Crippen molar-refractivity contribution in [2.75, 3.05) is 12.9 Å². The Hall–Kier alpha value is -1.82. The zero-order valence-corrected chi connectivity index (χ0v) is 11.0. The number of carbonyl (C=O) groups excluding carboxylic acids is 1. The van der Waals surface area contributed by atoms with Crippen LogP contribution in [-0.4, -0.2) is 34.0 Å². The highest BCUT2D eigenvalue weighted by atomic mass is 32.2. The van der Waals surface area contributed by atoms with Gasteiger partial charge in [-0.3, -0.25) is 9.89 Å². The molecule has 0 aliphatic rings. The number of nitrogens with zero attached hydrogens (tertiary/aromatic N) is 2. The van der Waals surface area contributed by atoms with Crippen molar-refractivity contribution in [3.63, 3.8) is 0 Å². The van der Waals surface area contributed by atoms with Gasteiger partial charge < -0.3 is 4.74 Å². The number of benzene rings is 1. The Labute approximate surface area is 109 Å². The monoisotopic (exact) mass is 263 g/mol. The molecule has 5 nitrogen and oxygen atoms in total. The standard InChI is InChI=1S/C12H13N3O2S/c1-8-5-3-4-6-9(8)11-13-12(15-14-11)18-7-10(16)17-2/h3-6H,7H2,1-2H3,(H,13,14,15). The van der Waals surface area contributed by atoms with Gasteiger partial charge in [0, 0.05) is 5.56 Å². The lowest BCUT2D eigenvalue weighted by atomic mass is 10.1. The Bertz CT molecular complexity index is 554. The van der Waals surface area contributed by atoms with E-state index in [1.54, 1.807) is 0 Å². The summed E-state index contributed by atoms with van der Waals surface area (Å²) >= 11 is 1.25. The minimum Gasteiger partial charge on any atom is -0.468 e. The first kappa shape index (κ1) is 12.6. The largest absolute Gasteiger partial charge is 0.468 e. The molecule has 0 aliphatic carbocycles. The molecule has 0 radical (unpaired) electrons. The molecule has 0 aliphatic heterocycles. The van der Waals surface area contributed by atoms with Gasteiger partial charge in [0.25, 0.3) is 0 Å². The molecule has 0 bridgehead atoms. The number of esters is 1. The minimum absolute atomic E-state index is 0.210. The van der Waals surface area contributed by atoms with Crippen LogP contribution in [0.1, 0.15) is 5.56 Å². The topological polar surface area (TPSA) is 67.9 Å². The number of aryl methyl sites for hydroxylation is 1. The number of aromatic amines is 1. The molecule has 94 valence electrons. The van der Waals surface area contributed by atoms with Gasteiger partial charge in [0.1, 0.15) is 0 Å². The van der Waals surface area contributed by atoms with Crippen LogP contribution in [0.2, 0.25) is 0 Å². The molecule has 0 atom stereocenters. The van der Waals surface area contributed by atoms with E-state index in [1.165, 1.54) is 18.9 Å². The predicted octanol–water partition coefficient (Wildman–Crippen LogP) is 2.05. The van der Waals surface area contributed by atoms with Crippen LogP contribution in [0, 0.1) is 6.92 Å². The number of H-pyrrole nitrogens is 1. The van der Waals surface area contributed by atoms with Crippen molar-refractivity contribution in [3.05, 3.63) is 29.8 Å². The van der Waals surface area contributed by atoms with Crippen LogP contribution in [0.15, 0.2) is 29.4 Å². The van der Waals surface area contributed by atoms with Crippen molar-refractivity contribution in [2.45, 2.75) is 12.1 Å². The van der Waals surface area contributed by atoms with Gasteiger partial charge in [-0.2, -0.15) is 0 Å². The predicted molar refractivity (Wildman–Crippen MR) is 69.3 cm³/mol. The highest BCUT2D eigenvalue weighted by molar-refractivity contribution is 7.99. The molecule has 0 fully saturated rings. The molecule has 18 heavy (non-hydrogen) atoms. The summed E-state index contributed by atoms with van der Waals surface area (Å²) in [5.41, 5.74) is 2.13. The number of nitrogens with one attached hydrogen (secondary N) is 1. The summed E-state index contributed by atoms with van der Waals surface area (Å²) in [6.07, 6.45) is 0. The molecule has 6 heteroatoms. The van der Waals surface area contributed by atoms with Crippen molar-refractivity contribution in [3.8, 4) is 11.4 Å². The highest BCUT2D eigenvalue weighted by Crippen LogP contribution is 2.21. The first-order valence-corrected chi connectivity index (χ1v) is 6.37. The van der Waals surface area contributed by atoms with Crippen molar-refractivity contribution in [1.29, 1.82) is 0 Å². The SMILES string of the molecule is COC(=O)CSc1n[nH]c(-c2ccccc2C)n1. The zero-order valence-electron chi connectivity index (χ0n) is 10.1. The molecule has 1 N–H and O–H groups in total. The van der Waals surface area contributed by atoms with Gasteiger partial charge in [-0.1, -0.05) is 36.0 Å². The maximum Gasteiger partial charge on any atom is 0.316 e. The van der Waals surface area contributed by atoms with Crippen LogP contribution in [0.3, 0.4) is 0 Å². The number of methoxy groups -OCH3 is 1. The van der Waals surface area contributed by atoms with E-state index in [-0.39, 0.29) is 11.7 Å². The number of carbonyl (C=O) groups is 1. The van der Waals surface area contributed by atoms with E-state index >= 15 is 0 Å². The minimum atomic E-state index is -0.290.